The van der Waals surface area contributed by atoms with Crippen LogP contribution in [0.5, 0.6) is 0 Å². The second-order valence-corrected chi connectivity index (χ2v) is 11.8. The van der Waals surface area contributed by atoms with E-state index in [4.69, 9.17) is 4.74 Å². The normalized spacial score (nSPS) is 28.0. The summed E-state index contributed by atoms with van der Waals surface area (Å²) in [5.74, 6) is -5.57. The van der Waals surface area contributed by atoms with Crippen molar-refractivity contribution >= 4 is 29.6 Å². The van der Waals surface area contributed by atoms with Crippen molar-refractivity contribution in [3.63, 3.8) is 0 Å². The van der Waals surface area contributed by atoms with Crippen molar-refractivity contribution in [2.24, 2.45) is 28.6 Å². The topological polar surface area (TPSA) is 134 Å². The molecule has 208 valence electrons. The number of carbonyl (C=O) groups is 5. The van der Waals surface area contributed by atoms with E-state index in [1.54, 1.807) is 5.32 Å². The van der Waals surface area contributed by atoms with Crippen LogP contribution in [0.15, 0.2) is 0 Å². The number of nitrogens with zero attached hydrogens (tertiary/aromatic N) is 1. The number of hydrogen-bond acceptors (Lipinski definition) is 6. The van der Waals surface area contributed by atoms with Crippen molar-refractivity contribution in [3.05, 3.63) is 0 Å². The van der Waals surface area contributed by atoms with Gasteiger partial charge in [0.05, 0.1) is 7.11 Å². The minimum absolute atomic E-state index is 0.00859. The Morgan fingerprint density at radius 2 is 1.78 bits per heavy atom. The first-order valence-electron chi connectivity index (χ1n) is 12.2. The third kappa shape index (κ3) is 5.69. The van der Waals surface area contributed by atoms with Crippen LogP contribution < -0.4 is 16.0 Å². The van der Waals surface area contributed by atoms with E-state index >= 15 is 0 Å². The molecule has 2 aliphatic heterocycles. The molecule has 0 spiro atoms. The fourth-order valence-electron chi connectivity index (χ4n) is 5.61. The average molecular weight is 533 g/mol. The quantitative estimate of drug-likeness (QED) is 0.415. The number of alkyl halides is 3. The third-order valence-electron chi connectivity index (χ3n) is 7.89. The van der Waals surface area contributed by atoms with Crippen molar-refractivity contribution in [1.29, 1.82) is 0 Å². The lowest BCUT2D eigenvalue weighted by Crippen LogP contribution is -2.61. The van der Waals surface area contributed by atoms with Crippen molar-refractivity contribution in [2.45, 2.75) is 71.8 Å². The summed E-state index contributed by atoms with van der Waals surface area (Å²) in [6, 6.07) is -3.76. The van der Waals surface area contributed by atoms with Gasteiger partial charge in [-0.05, 0) is 35.5 Å². The minimum atomic E-state index is -5.18. The van der Waals surface area contributed by atoms with Crippen LogP contribution in [0.2, 0.25) is 0 Å². The van der Waals surface area contributed by atoms with Crippen LogP contribution in [0.4, 0.5) is 13.2 Å². The van der Waals surface area contributed by atoms with Crippen molar-refractivity contribution < 1.29 is 41.9 Å². The van der Waals surface area contributed by atoms with Crippen LogP contribution in [0.1, 0.15) is 47.5 Å². The molecule has 0 radical (unpaired) electrons. The Bertz CT molecular complexity index is 977. The number of piperidine rings is 1. The van der Waals surface area contributed by atoms with E-state index in [0.29, 0.717) is 13.0 Å². The lowest BCUT2D eigenvalue weighted by atomic mass is 9.85. The second-order valence-electron chi connectivity index (χ2n) is 11.8. The molecule has 1 aliphatic carbocycles. The summed E-state index contributed by atoms with van der Waals surface area (Å²) in [6.45, 7) is 8.98. The monoisotopic (exact) mass is 532 g/mol. The Morgan fingerprint density at radius 3 is 2.27 bits per heavy atom. The molecule has 6 atom stereocenters. The molecule has 4 amide bonds. The van der Waals surface area contributed by atoms with E-state index in [1.807, 2.05) is 13.8 Å². The fourth-order valence-corrected chi connectivity index (χ4v) is 5.61. The summed E-state index contributed by atoms with van der Waals surface area (Å²) >= 11 is 0. The molecule has 0 bridgehead atoms. The highest BCUT2D eigenvalue weighted by molar-refractivity contribution is 5.96. The second kappa shape index (κ2) is 9.79. The molecule has 3 N–H and O–H groups in total. The van der Waals surface area contributed by atoms with E-state index in [-0.39, 0.29) is 36.1 Å². The van der Waals surface area contributed by atoms with Gasteiger partial charge in [0.2, 0.25) is 17.7 Å². The summed E-state index contributed by atoms with van der Waals surface area (Å²) in [7, 11) is 1.15. The van der Waals surface area contributed by atoms with Gasteiger partial charge in [-0.15, -0.1) is 0 Å². The first-order valence-corrected chi connectivity index (χ1v) is 12.2. The van der Waals surface area contributed by atoms with Gasteiger partial charge in [-0.3, -0.25) is 19.2 Å². The van der Waals surface area contributed by atoms with Gasteiger partial charge in [-0.2, -0.15) is 13.2 Å². The Hall–Kier alpha value is -2.86. The maximum Gasteiger partial charge on any atom is 0.471 e. The molecular formula is C24H35F3N4O6. The Kier molecular flexibility index (Phi) is 7.59. The maximum absolute atomic E-state index is 13.6. The number of ether oxygens (including phenoxy) is 1. The van der Waals surface area contributed by atoms with Crippen molar-refractivity contribution in [2.75, 3.05) is 20.2 Å². The molecular weight excluding hydrogens is 497 g/mol. The molecule has 3 aliphatic rings. The summed E-state index contributed by atoms with van der Waals surface area (Å²) in [6.07, 6.45) is -4.69. The first kappa shape index (κ1) is 28.7. The average Bonchev–Trinajstić information content (AvgIpc) is 3.14. The number of methoxy groups -OCH3 is 1. The molecule has 10 nitrogen and oxygen atoms in total. The molecule has 2 heterocycles. The molecule has 0 aromatic carbocycles. The molecule has 2 saturated heterocycles. The zero-order valence-corrected chi connectivity index (χ0v) is 21.8. The molecule has 3 fully saturated rings. The van der Waals surface area contributed by atoms with E-state index in [2.05, 4.69) is 10.6 Å². The van der Waals surface area contributed by atoms with Crippen LogP contribution in [0, 0.1) is 28.6 Å². The summed E-state index contributed by atoms with van der Waals surface area (Å²) < 4.78 is 43.8. The largest absolute Gasteiger partial charge is 0.471 e. The molecule has 0 unspecified atom stereocenters. The number of halogens is 3. The highest BCUT2D eigenvalue weighted by Gasteiger charge is 2.70. The molecule has 1 saturated carbocycles. The van der Waals surface area contributed by atoms with Crippen molar-refractivity contribution in [3.8, 4) is 0 Å². The number of rotatable bonds is 7. The minimum Gasteiger partial charge on any atom is -0.467 e. The van der Waals surface area contributed by atoms with Crippen LogP contribution in [-0.2, 0) is 28.7 Å². The number of nitrogens with one attached hydrogen (secondary N) is 3. The number of likely N-dealkylation sites (tertiary alicyclic amines) is 1. The molecule has 0 aromatic rings. The van der Waals surface area contributed by atoms with Gasteiger partial charge < -0.3 is 25.6 Å². The zero-order chi connectivity index (χ0) is 28.1. The van der Waals surface area contributed by atoms with Gasteiger partial charge in [0.25, 0.3) is 0 Å². The number of carbonyl (C=O) groups excluding carboxylic acids is 5. The zero-order valence-electron chi connectivity index (χ0n) is 21.8. The molecule has 37 heavy (non-hydrogen) atoms. The predicted molar refractivity (Wildman–Crippen MR) is 123 cm³/mol. The smallest absolute Gasteiger partial charge is 0.467 e. The van der Waals surface area contributed by atoms with Gasteiger partial charge in [0, 0.05) is 19.0 Å². The van der Waals surface area contributed by atoms with E-state index in [0.717, 1.165) is 7.11 Å². The van der Waals surface area contributed by atoms with Gasteiger partial charge in [-0.1, -0.05) is 34.6 Å². The van der Waals surface area contributed by atoms with Gasteiger partial charge in [0.15, 0.2) is 0 Å². The fraction of sp³-hybridized carbons (Fsp3) is 0.792. The lowest BCUT2D eigenvalue weighted by molar-refractivity contribution is -0.176. The Labute approximate surface area is 213 Å². The van der Waals surface area contributed by atoms with Crippen LogP contribution >= 0.6 is 0 Å². The molecule has 3 rings (SSSR count). The Balaban J connectivity index is 1.85. The van der Waals surface area contributed by atoms with E-state index in [9.17, 15) is 37.1 Å². The summed E-state index contributed by atoms with van der Waals surface area (Å²) in [5, 5.41) is 7.09. The number of hydrogen-bond donors (Lipinski definition) is 3. The van der Waals surface area contributed by atoms with Crippen LogP contribution in [0.3, 0.4) is 0 Å². The molecule has 13 heteroatoms. The van der Waals surface area contributed by atoms with Crippen LogP contribution in [-0.4, -0.2) is 79.0 Å². The summed E-state index contributed by atoms with van der Waals surface area (Å²) in [5.41, 5.74) is -1.40. The predicted octanol–water partition coefficient (Wildman–Crippen LogP) is 0.747. The maximum atomic E-state index is 13.6. The van der Waals surface area contributed by atoms with Crippen LogP contribution in [0.25, 0.3) is 0 Å². The standard InChI is InChI=1S/C24H35F3N4O6/c1-22(2,3)16(30-21(36)24(25,26)27)19(34)31-10-12-14(23(12,4)5)15(31)18(33)29-13(20(35)37-6)9-11-7-8-28-17(11)32/h11-16H,7-10H2,1-6H3,(H,28,32)(H,29,33)(H,30,36)/t11-,12-,13-,14-,15-,16+/m0/s1. The van der Waals surface area contributed by atoms with E-state index in [1.165, 1.54) is 25.7 Å². The number of fused-ring (bicyclic) bond motifs is 1. The third-order valence-corrected chi connectivity index (χ3v) is 7.89. The summed E-state index contributed by atoms with van der Waals surface area (Å²) in [4.78, 5) is 64.5. The first-order chi connectivity index (χ1) is 16.9. The van der Waals surface area contributed by atoms with E-state index < -0.39 is 59.3 Å². The van der Waals surface area contributed by atoms with Crippen molar-refractivity contribution in [1.82, 2.24) is 20.9 Å². The van der Waals surface area contributed by atoms with Gasteiger partial charge in [-0.25, -0.2) is 4.79 Å². The van der Waals surface area contributed by atoms with Gasteiger partial charge in [0.1, 0.15) is 18.1 Å². The number of amides is 4. The van der Waals surface area contributed by atoms with Gasteiger partial charge >= 0.3 is 18.1 Å². The number of esters is 1. The SMILES string of the molecule is COC(=O)[C@H](C[C@@H]1CCNC1=O)NC(=O)[C@@H]1[C@@H]2[C@H](CN1C(=O)[C@@H](NC(=O)C(F)(F)F)C(C)(C)C)C2(C)C. The Morgan fingerprint density at radius 1 is 1.16 bits per heavy atom. The highest BCUT2D eigenvalue weighted by atomic mass is 19.4. The lowest BCUT2D eigenvalue weighted by Gasteiger charge is -2.38. The molecule has 0 aromatic heterocycles. The highest BCUT2D eigenvalue weighted by Crippen LogP contribution is 2.65.